The summed E-state index contributed by atoms with van der Waals surface area (Å²) in [5.74, 6) is -0.914. The summed E-state index contributed by atoms with van der Waals surface area (Å²) >= 11 is 0. The van der Waals surface area contributed by atoms with Crippen molar-refractivity contribution in [1.29, 1.82) is 0 Å². The monoisotopic (exact) mass is 455 g/mol. The molecule has 2 N–H and O–H groups in total. The third kappa shape index (κ3) is 4.88. The van der Waals surface area contributed by atoms with Crippen LogP contribution in [0.3, 0.4) is 0 Å². The largest absolute Gasteiger partial charge is 0.492 e. The molecule has 0 radical (unpaired) electrons. The van der Waals surface area contributed by atoms with Gasteiger partial charge in [-0.25, -0.2) is 14.4 Å². The lowest BCUT2D eigenvalue weighted by molar-refractivity contribution is -0.138. The number of ether oxygens (including phenoxy) is 1. The second-order valence-electron chi connectivity index (χ2n) is 7.83. The SMILES string of the molecule is [2H]c1nc(Nc2ccc(N3CCC(N4CCNCC4)CC3)c(F)c2OC)ncc1C(F)(F)F. The summed E-state index contributed by atoms with van der Waals surface area (Å²) < 4.78 is 66.6. The molecule has 0 spiro atoms. The van der Waals surface area contributed by atoms with Crippen molar-refractivity contribution in [2.24, 2.45) is 0 Å². The summed E-state index contributed by atoms with van der Waals surface area (Å²) in [6, 6.07) is 3.67. The van der Waals surface area contributed by atoms with Crippen molar-refractivity contribution < 1.29 is 23.7 Å². The number of benzene rings is 1. The first kappa shape index (κ1) is 21.2. The number of rotatable bonds is 5. The van der Waals surface area contributed by atoms with Gasteiger partial charge in [0, 0.05) is 57.7 Å². The summed E-state index contributed by atoms with van der Waals surface area (Å²) in [6.07, 6.45) is -3.29. The van der Waals surface area contributed by atoms with Crippen LogP contribution in [0.4, 0.5) is 34.9 Å². The molecule has 0 aliphatic carbocycles. The van der Waals surface area contributed by atoms with Crippen molar-refractivity contribution in [3.8, 4) is 5.75 Å². The van der Waals surface area contributed by atoms with E-state index in [0.29, 0.717) is 31.0 Å². The average molecular weight is 455 g/mol. The highest BCUT2D eigenvalue weighted by Gasteiger charge is 2.31. The van der Waals surface area contributed by atoms with E-state index >= 15 is 4.39 Å². The summed E-state index contributed by atoms with van der Waals surface area (Å²) in [5, 5.41) is 6.01. The van der Waals surface area contributed by atoms with Crippen LogP contribution in [-0.2, 0) is 6.18 Å². The van der Waals surface area contributed by atoms with Crippen molar-refractivity contribution in [3.05, 3.63) is 35.9 Å². The normalized spacial score (nSPS) is 19.0. The molecule has 11 heteroatoms. The first-order valence-corrected chi connectivity index (χ1v) is 10.5. The minimum absolute atomic E-state index is 0.0910. The van der Waals surface area contributed by atoms with Crippen molar-refractivity contribution >= 4 is 17.3 Å². The van der Waals surface area contributed by atoms with Crippen molar-refractivity contribution in [1.82, 2.24) is 20.2 Å². The van der Waals surface area contributed by atoms with Gasteiger partial charge in [-0.15, -0.1) is 0 Å². The van der Waals surface area contributed by atoms with Crippen LogP contribution < -0.4 is 20.3 Å². The molecule has 2 fully saturated rings. The van der Waals surface area contributed by atoms with Gasteiger partial charge in [-0.2, -0.15) is 13.2 Å². The lowest BCUT2D eigenvalue weighted by Crippen LogP contribution is -2.52. The average Bonchev–Trinajstić information content (AvgIpc) is 2.79. The van der Waals surface area contributed by atoms with E-state index in [1.54, 1.807) is 12.1 Å². The van der Waals surface area contributed by atoms with Gasteiger partial charge in [0.1, 0.15) is 0 Å². The van der Waals surface area contributed by atoms with Gasteiger partial charge in [0.2, 0.25) is 5.95 Å². The minimum atomic E-state index is -4.72. The quantitative estimate of drug-likeness (QED) is 0.671. The van der Waals surface area contributed by atoms with Gasteiger partial charge in [0.05, 0.1) is 25.4 Å². The Morgan fingerprint density at radius 2 is 1.88 bits per heavy atom. The zero-order valence-corrected chi connectivity index (χ0v) is 17.7. The molecule has 1 aromatic carbocycles. The second-order valence-corrected chi connectivity index (χ2v) is 7.83. The van der Waals surface area contributed by atoms with Crippen LogP contribution in [-0.4, -0.2) is 67.3 Å². The van der Waals surface area contributed by atoms with Gasteiger partial charge >= 0.3 is 6.18 Å². The Morgan fingerprint density at radius 1 is 1.16 bits per heavy atom. The van der Waals surface area contributed by atoms with Crippen LogP contribution in [0.25, 0.3) is 0 Å². The molecule has 0 unspecified atom stereocenters. The van der Waals surface area contributed by atoms with Gasteiger partial charge in [-0.3, -0.25) is 4.90 Å². The van der Waals surface area contributed by atoms with E-state index in [1.807, 2.05) is 4.90 Å². The number of methoxy groups -OCH3 is 1. The molecule has 2 aliphatic heterocycles. The third-order valence-electron chi connectivity index (χ3n) is 5.90. The van der Waals surface area contributed by atoms with E-state index in [9.17, 15) is 13.2 Å². The van der Waals surface area contributed by atoms with E-state index < -0.39 is 23.7 Å². The Hall–Kier alpha value is -2.66. The third-order valence-corrected chi connectivity index (χ3v) is 5.90. The fourth-order valence-electron chi connectivity index (χ4n) is 4.22. The Morgan fingerprint density at radius 3 is 2.50 bits per heavy atom. The van der Waals surface area contributed by atoms with Crippen LogP contribution in [0.1, 0.15) is 19.8 Å². The summed E-state index contributed by atoms with van der Waals surface area (Å²) in [6.45, 7) is 5.46. The molecule has 4 rings (SSSR count). The number of halogens is 4. The maximum absolute atomic E-state index is 15.3. The van der Waals surface area contributed by atoms with Gasteiger partial charge in [0.15, 0.2) is 11.6 Å². The van der Waals surface area contributed by atoms with E-state index in [4.69, 9.17) is 6.11 Å². The maximum Gasteiger partial charge on any atom is 0.419 e. The highest BCUT2D eigenvalue weighted by atomic mass is 19.4. The number of nitrogens with zero attached hydrogens (tertiary/aromatic N) is 4. The van der Waals surface area contributed by atoms with E-state index in [2.05, 4.69) is 25.5 Å². The fraction of sp³-hybridized carbons (Fsp3) is 0.524. The van der Waals surface area contributed by atoms with E-state index in [0.717, 1.165) is 39.0 Å². The zero-order valence-electron chi connectivity index (χ0n) is 18.7. The Labute approximate surface area is 185 Å². The maximum atomic E-state index is 15.3. The number of hydrogen-bond acceptors (Lipinski definition) is 7. The van der Waals surface area contributed by atoms with E-state index in [-0.39, 0.29) is 17.4 Å². The van der Waals surface area contributed by atoms with Crippen LogP contribution in [0.15, 0.2) is 24.5 Å². The summed E-state index contributed by atoms with van der Waals surface area (Å²) in [5.41, 5.74) is -0.676. The highest BCUT2D eigenvalue weighted by Crippen LogP contribution is 2.37. The number of piperazine rings is 1. The Balaban J connectivity index is 1.48. The van der Waals surface area contributed by atoms with Gasteiger partial charge in [-0.05, 0) is 25.0 Å². The zero-order chi connectivity index (χ0) is 23.6. The molecule has 2 aliphatic rings. The van der Waals surface area contributed by atoms with Crippen molar-refractivity contribution in [2.75, 3.05) is 56.6 Å². The molecule has 1 aromatic heterocycles. The molecule has 0 bridgehead atoms. The topological polar surface area (TPSA) is 65.6 Å². The Kier molecular flexibility index (Phi) is 6.26. The molecule has 2 aromatic rings. The van der Waals surface area contributed by atoms with Gasteiger partial charge < -0.3 is 20.3 Å². The number of anilines is 3. The molecular formula is C21H26F4N6O. The smallest absolute Gasteiger partial charge is 0.419 e. The summed E-state index contributed by atoms with van der Waals surface area (Å²) in [4.78, 5) is 11.6. The molecule has 32 heavy (non-hydrogen) atoms. The molecular weight excluding hydrogens is 428 g/mol. The highest BCUT2D eigenvalue weighted by molar-refractivity contribution is 5.69. The fourth-order valence-corrected chi connectivity index (χ4v) is 4.22. The number of aromatic nitrogens is 2. The van der Waals surface area contributed by atoms with Gasteiger partial charge in [0.25, 0.3) is 0 Å². The second kappa shape index (κ2) is 9.45. The lowest BCUT2D eigenvalue weighted by atomic mass is 10.0. The number of hydrogen-bond donors (Lipinski definition) is 2. The molecule has 7 nitrogen and oxygen atoms in total. The number of alkyl halides is 3. The van der Waals surface area contributed by atoms with Crippen LogP contribution >= 0.6 is 0 Å². The summed E-state index contributed by atoms with van der Waals surface area (Å²) in [7, 11) is 1.31. The number of nitrogens with one attached hydrogen (secondary N) is 2. The van der Waals surface area contributed by atoms with Crippen LogP contribution in [0, 0.1) is 5.82 Å². The van der Waals surface area contributed by atoms with E-state index in [1.165, 1.54) is 7.11 Å². The Bertz CT molecular complexity index is 978. The predicted molar refractivity (Wildman–Crippen MR) is 113 cm³/mol. The van der Waals surface area contributed by atoms with Crippen molar-refractivity contribution in [2.45, 2.75) is 25.1 Å². The first-order valence-electron chi connectivity index (χ1n) is 11.0. The number of piperidine rings is 1. The molecule has 0 saturated carbocycles. The molecule has 174 valence electrons. The molecule has 3 heterocycles. The molecule has 2 saturated heterocycles. The molecule has 0 atom stereocenters. The van der Waals surface area contributed by atoms with Crippen molar-refractivity contribution in [3.63, 3.8) is 0 Å². The lowest BCUT2D eigenvalue weighted by Gasteiger charge is -2.41. The minimum Gasteiger partial charge on any atom is -0.492 e. The predicted octanol–water partition coefficient (Wildman–Crippen LogP) is 3.26. The van der Waals surface area contributed by atoms with Crippen LogP contribution in [0.5, 0.6) is 5.75 Å². The standard InChI is InChI=1S/C21H26F4N6O/c1-32-19-16(29-20-27-12-14(13-28-20)21(23,24)25)2-3-17(18(19)22)31-8-4-15(5-9-31)30-10-6-26-7-11-30/h2-3,12-13,15,26H,4-11H2,1H3,(H,27,28,29)/i12D. The first-order chi connectivity index (χ1) is 15.8. The van der Waals surface area contributed by atoms with Gasteiger partial charge in [-0.1, -0.05) is 0 Å². The van der Waals surface area contributed by atoms with Crippen LogP contribution in [0.2, 0.25) is 0 Å². The molecule has 0 amide bonds.